The molecule has 1 heterocycles. The second-order valence-electron chi connectivity index (χ2n) is 6.63. The Labute approximate surface area is 123 Å². The molecule has 110 valence electrons. The average Bonchev–Trinajstić information content (AvgIpc) is 3.11. The molecule has 4 nitrogen and oxygen atoms in total. The number of benzene rings is 1. The summed E-state index contributed by atoms with van der Waals surface area (Å²) < 4.78 is 0. The number of fused-ring (bicyclic) bond motifs is 2. The molecule has 1 N–H and O–H groups in total. The predicted molar refractivity (Wildman–Crippen MR) is 78.4 cm³/mol. The zero-order valence-electron chi connectivity index (χ0n) is 11.9. The maximum absolute atomic E-state index is 12.8. The average molecular weight is 285 g/mol. The molecule has 2 aliphatic carbocycles. The molecular weight excluding hydrogens is 266 g/mol. The van der Waals surface area contributed by atoms with Gasteiger partial charge in [-0.2, -0.15) is 0 Å². The minimum absolute atomic E-state index is 0.160. The molecule has 0 radical (unpaired) electrons. The van der Waals surface area contributed by atoms with Gasteiger partial charge in [0, 0.05) is 18.2 Å². The first-order valence-corrected chi connectivity index (χ1v) is 7.81. The molecule has 2 fully saturated rings. The zero-order valence-corrected chi connectivity index (χ0v) is 11.9. The number of nitrogens with zero attached hydrogens (tertiary/aromatic N) is 1. The number of carboxylic acid groups (broad SMARTS) is 1. The topological polar surface area (TPSA) is 57.6 Å². The fourth-order valence-electron chi connectivity index (χ4n) is 4.19. The number of rotatable bonds is 2. The van der Waals surface area contributed by atoms with Gasteiger partial charge >= 0.3 is 5.97 Å². The van der Waals surface area contributed by atoms with Crippen molar-refractivity contribution >= 4 is 17.6 Å². The number of hydrogen-bond donors (Lipinski definition) is 1. The number of carbonyl (C=O) groups is 2. The SMILES string of the molecule is O=C(O)c1cccc2c1CCCN2C(=O)C1CC2CC2C1. The highest BCUT2D eigenvalue weighted by atomic mass is 16.4. The van der Waals surface area contributed by atoms with E-state index < -0.39 is 5.97 Å². The van der Waals surface area contributed by atoms with Crippen LogP contribution in [0.15, 0.2) is 18.2 Å². The first-order valence-electron chi connectivity index (χ1n) is 7.81. The highest BCUT2D eigenvalue weighted by Gasteiger charge is 2.49. The summed E-state index contributed by atoms with van der Waals surface area (Å²) in [6, 6.07) is 5.29. The molecule has 2 atom stereocenters. The third-order valence-electron chi connectivity index (χ3n) is 5.34. The van der Waals surface area contributed by atoms with E-state index in [9.17, 15) is 14.7 Å². The van der Waals surface area contributed by atoms with Crippen molar-refractivity contribution in [2.24, 2.45) is 17.8 Å². The summed E-state index contributed by atoms with van der Waals surface area (Å²) in [5, 5.41) is 9.31. The van der Waals surface area contributed by atoms with Crippen LogP contribution in [0.2, 0.25) is 0 Å². The minimum atomic E-state index is -0.900. The Morgan fingerprint density at radius 2 is 1.90 bits per heavy atom. The molecular formula is C17H19NO3. The van der Waals surface area contributed by atoms with E-state index in [1.807, 2.05) is 11.0 Å². The number of carbonyl (C=O) groups excluding carboxylic acids is 1. The Balaban J connectivity index is 1.65. The Hall–Kier alpha value is -1.84. The van der Waals surface area contributed by atoms with Gasteiger partial charge in [-0.1, -0.05) is 6.07 Å². The van der Waals surface area contributed by atoms with Crippen molar-refractivity contribution in [2.45, 2.75) is 32.1 Å². The first kappa shape index (κ1) is 12.9. The fourth-order valence-corrected chi connectivity index (χ4v) is 4.19. The van der Waals surface area contributed by atoms with Crippen LogP contribution in [-0.4, -0.2) is 23.5 Å². The maximum Gasteiger partial charge on any atom is 0.336 e. The van der Waals surface area contributed by atoms with Crippen molar-refractivity contribution in [3.63, 3.8) is 0 Å². The van der Waals surface area contributed by atoms with Gasteiger partial charge in [0.25, 0.3) is 0 Å². The van der Waals surface area contributed by atoms with Crippen molar-refractivity contribution in [3.05, 3.63) is 29.3 Å². The second-order valence-corrected chi connectivity index (χ2v) is 6.63. The van der Waals surface area contributed by atoms with Gasteiger partial charge in [-0.25, -0.2) is 4.79 Å². The Kier molecular flexibility index (Phi) is 2.81. The predicted octanol–water partition coefficient (Wildman–Crippen LogP) is 2.71. The van der Waals surface area contributed by atoms with Gasteiger partial charge in [0.15, 0.2) is 0 Å². The number of carboxylic acids is 1. The Bertz CT molecular complexity index is 614. The molecule has 21 heavy (non-hydrogen) atoms. The second kappa shape index (κ2) is 4.58. The molecule has 3 aliphatic rings. The van der Waals surface area contributed by atoms with Crippen molar-refractivity contribution < 1.29 is 14.7 Å². The van der Waals surface area contributed by atoms with Crippen LogP contribution in [0.4, 0.5) is 5.69 Å². The summed E-state index contributed by atoms with van der Waals surface area (Å²) in [5.41, 5.74) is 2.00. The van der Waals surface area contributed by atoms with E-state index >= 15 is 0 Å². The molecule has 1 aliphatic heterocycles. The van der Waals surface area contributed by atoms with Crippen molar-refractivity contribution in [2.75, 3.05) is 11.4 Å². The summed E-state index contributed by atoms with van der Waals surface area (Å²) in [6.45, 7) is 0.723. The first-order chi connectivity index (χ1) is 10.1. The number of aromatic carboxylic acids is 1. The molecule has 1 aromatic rings. The van der Waals surface area contributed by atoms with Gasteiger partial charge < -0.3 is 10.0 Å². The van der Waals surface area contributed by atoms with Crippen LogP contribution in [0.1, 0.15) is 41.6 Å². The number of hydrogen-bond acceptors (Lipinski definition) is 2. The lowest BCUT2D eigenvalue weighted by Crippen LogP contribution is -2.39. The molecule has 2 unspecified atom stereocenters. The third kappa shape index (κ3) is 2.04. The van der Waals surface area contributed by atoms with Gasteiger partial charge in [0.05, 0.1) is 5.56 Å². The molecule has 0 spiro atoms. The lowest BCUT2D eigenvalue weighted by molar-refractivity contribution is -0.122. The molecule has 0 saturated heterocycles. The maximum atomic E-state index is 12.8. The van der Waals surface area contributed by atoms with Gasteiger partial charge in [-0.15, -0.1) is 0 Å². The summed E-state index contributed by atoms with van der Waals surface area (Å²) in [5.74, 6) is 1.05. The highest BCUT2D eigenvalue weighted by Crippen LogP contribution is 2.55. The summed E-state index contributed by atoms with van der Waals surface area (Å²) in [7, 11) is 0. The number of amides is 1. The molecule has 1 amide bonds. The highest BCUT2D eigenvalue weighted by molar-refractivity contribution is 5.99. The monoisotopic (exact) mass is 285 g/mol. The third-order valence-corrected chi connectivity index (χ3v) is 5.34. The van der Waals surface area contributed by atoms with Gasteiger partial charge in [-0.05, 0) is 61.6 Å². The summed E-state index contributed by atoms with van der Waals surface area (Å²) in [4.78, 5) is 26.0. The lowest BCUT2D eigenvalue weighted by Gasteiger charge is -2.32. The Morgan fingerprint density at radius 1 is 1.14 bits per heavy atom. The van der Waals surface area contributed by atoms with Crippen LogP contribution in [0, 0.1) is 17.8 Å². The van der Waals surface area contributed by atoms with Gasteiger partial charge in [0.2, 0.25) is 5.91 Å². The van der Waals surface area contributed by atoms with Crippen molar-refractivity contribution in [1.82, 2.24) is 0 Å². The van der Waals surface area contributed by atoms with Crippen molar-refractivity contribution in [3.8, 4) is 0 Å². The van der Waals surface area contributed by atoms with E-state index in [0.29, 0.717) is 5.56 Å². The normalized spacial score (nSPS) is 29.7. The lowest BCUT2D eigenvalue weighted by atomic mass is 9.94. The van der Waals surface area contributed by atoms with E-state index in [1.165, 1.54) is 6.42 Å². The van der Waals surface area contributed by atoms with E-state index in [4.69, 9.17) is 0 Å². The quantitative estimate of drug-likeness (QED) is 0.909. The summed E-state index contributed by atoms with van der Waals surface area (Å²) >= 11 is 0. The van der Waals surface area contributed by atoms with E-state index in [2.05, 4.69) is 0 Å². The molecule has 2 saturated carbocycles. The van der Waals surface area contributed by atoms with Gasteiger partial charge in [0.1, 0.15) is 0 Å². The Morgan fingerprint density at radius 3 is 2.62 bits per heavy atom. The van der Waals surface area contributed by atoms with Crippen LogP contribution in [0.25, 0.3) is 0 Å². The van der Waals surface area contributed by atoms with Gasteiger partial charge in [-0.3, -0.25) is 4.79 Å². The molecule has 4 heteroatoms. The zero-order chi connectivity index (χ0) is 14.6. The van der Waals surface area contributed by atoms with Crippen molar-refractivity contribution in [1.29, 1.82) is 0 Å². The fraction of sp³-hybridized carbons (Fsp3) is 0.529. The van der Waals surface area contributed by atoms with E-state index in [0.717, 1.165) is 55.3 Å². The minimum Gasteiger partial charge on any atom is -0.478 e. The molecule has 0 aromatic heterocycles. The van der Waals surface area contributed by atoms with Crippen LogP contribution in [0.3, 0.4) is 0 Å². The molecule has 1 aromatic carbocycles. The number of anilines is 1. The standard InChI is InChI=1S/C17H19NO3/c19-16(12-8-10-7-11(10)9-12)18-6-2-4-13-14(17(20)21)3-1-5-15(13)18/h1,3,5,10-12H,2,4,6-9H2,(H,20,21). The van der Waals surface area contributed by atoms with Crippen LogP contribution in [0.5, 0.6) is 0 Å². The van der Waals surface area contributed by atoms with Crippen LogP contribution < -0.4 is 4.90 Å². The smallest absolute Gasteiger partial charge is 0.336 e. The molecule has 4 rings (SSSR count). The van der Waals surface area contributed by atoms with Crippen LogP contribution in [-0.2, 0) is 11.2 Å². The summed E-state index contributed by atoms with van der Waals surface area (Å²) in [6.07, 6.45) is 4.98. The largest absolute Gasteiger partial charge is 0.478 e. The van der Waals surface area contributed by atoms with Crippen LogP contribution >= 0.6 is 0 Å². The molecule has 0 bridgehead atoms. The van der Waals surface area contributed by atoms with E-state index in [-0.39, 0.29) is 11.8 Å². The van der Waals surface area contributed by atoms with E-state index in [1.54, 1.807) is 12.1 Å².